The molecule has 1 aliphatic carbocycles. The molecule has 3 aromatic rings. The topological polar surface area (TPSA) is 99.3 Å². The Hall–Kier alpha value is -3.74. The summed E-state index contributed by atoms with van der Waals surface area (Å²) in [5.41, 5.74) is 2.22. The second-order valence-electron chi connectivity index (χ2n) is 10.1. The van der Waals surface area contributed by atoms with E-state index < -0.39 is 21.6 Å². The first-order valence-corrected chi connectivity index (χ1v) is 14.5. The SMILES string of the molecule is C=C[C@@H](NS(=O)(=NC1CC1)c1cn(C)c(C(=O)Nc2ccc(F)c(C#N)c2)c1C)C(C)CCc1ccccc1. The predicted octanol–water partition coefficient (Wildman–Crippen LogP) is 5.91. The van der Waals surface area contributed by atoms with Gasteiger partial charge >= 0.3 is 0 Å². The summed E-state index contributed by atoms with van der Waals surface area (Å²) in [5.74, 6) is -0.978. The molecule has 1 heterocycles. The van der Waals surface area contributed by atoms with Crippen LogP contribution in [0.5, 0.6) is 0 Å². The highest BCUT2D eigenvalue weighted by atomic mass is 32.2. The minimum atomic E-state index is -3.09. The van der Waals surface area contributed by atoms with Crippen molar-refractivity contribution in [3.05, 3.63) is 95.6 Å². The number of hydrogen-bond acceptors (Lipinski definition) is 4. The largest absolute Gasteiger partial charge is 0.345 e. The molecule has 2 unspecified atom stereocenters. The number of benzene rings is 2. The van der Waals surface area contributed by atoms with E-state index in [1.54, 1.807) is 36.9 Å². The van der Waals surface area contributed by atoms with Crippen LogP contribution in [0, 0.1) is 30.0 Å². The molecule has 7 nitrogen and oxygen atoms in total. The molecule has 0 saturated heterocycles. The lowest BCUT2D eigenvalue weighted by Gasteiger charge is -2.24. The van der Waals surface area contributed by atoms with Crippen molar-refractivity contribution in [2.24, 2.45) is 17.3 Å². The van der Waals surface area contributed by atoms with Crippen LogP contribution in [0.2, 0.25) is 0 Å². The maximum atomic E-state index is 14.5. The van der Waals surface area contributed by atoms with Gasteiger partial charge in [-0.3, -0.25) is 4.79 Å². The van der Waals surface area contributed by atoms with Gasteiger partial charge in [-0.25, -0.2) is 17.7 Å². The average molecular weight is 548 g/mol. The smallest absolute Gasteiger partial charge is 0.272 e. The summed E-state index contributed by atoms with van der Waals surface area (Å²) in [7, 11) is -1.38. The van der Waals surface area contributed by atoms with Gasteiger partial charge in [-0.05, 0) is 67.9 Å². The summed E-state index contributed by atoms with van der Waals surface area (Å²) >= 11 is 0. The molecule has 0 spiro atoms. The Morgan fingerprint density at radius 1 is 1.31 bits per heavy atom. The molecular formula is C30H34FN5O2S. The molecule has 1 aliphatic rings. The summed E-state index contributed by atoms with van der Waals surface area (Å²) in [6.45, 7) is 7.86. The highest BCUT2D eigenvalue weighted by Gasteiger charge is 2.31. The van der Waals surface area contributed by atoms with Crippen LogP contribution in [0.1, 0.15) is 53.4 Å². The summed E-state index contributed by atoms with van der Waals surface area (Å²) < 4.78 is 37.9. The van der Waals surface area contributed by atoms with E-state index in [2.05, 4.69) is 35.7 Å². The molecule has 0 radical (unpaired) electrons. The maximum Gasteiger partial charge on any atom is 0.272 e. The van der Waals surface area contributed by atoms with E-state index in [1.165, 1.54) is 17.7 Å². The number of carbonyl (C=O) groups excluding carboxylic acids is 1. The van der Waals surface area contributed by atoms with Crippen molar-refractivity contribution in [2.75, 3.05) is 5.32 Å². The molecule has 0 aliphatic heterocycles. The molecule has 9 heteroatoms. The normalized spacial score (nSPS) is 16.0. The summed E-state index contributed by atoms with van der Waals surface area (Å²) in [5, 5.41) is 11.8. The van der Waals surface area contributed by atoms with Crippen LogP contribution in [0.15, 0.2) is 76.6 Å². The molecule has 1 fully saturated rings. The number of halogens is 1. The second kappa shape index (κ2) is 12.0. The zero-order valence-corrected chi connectivity index (χ0v) is 23.3. The van der Waals surface area contributed by atoms with Crippen molar-refractivity contribution in [1.29, 1.82) is 5.26 Å². The molecule has 4 rings (SSSR count). The lowest BCUT2D eigenvalue weighted by molar-refractivity contribution is 0.101. The first kappa shape index (κ1) is 28.3. The quantitative estimate of drug-likeness (QED) is 0.292. The average Bonchev–Trinajstić information content (AvgIpc) is 3.68. The maximum absolute atomic E-state index is 14.5. The molecule has 3 atom stereocenters. The molecule has 2 N–H and O–H groups in total. The van der Waals surface area contributed by atoms with Crippen molar-refractivity contribution in [1.82, 2.24) is 9.29 Å². The lowest BCUT2D eigenvalue weighted by atomic mass is 9.95. The van der Waals surface area contributed by atoms with Gasteiger partial charge < -0.3 is 9.88 Å². The molecule has 1 saturated carbocycles. The third-order valence-corrected chi connectivity index (χ3v) is 9.18. The molecule has 0 bridgehead atoms. The van der Waals surface area contributed by atoms with Crippen molar-refractivity contribution < 1.29 is 13.4 Å². The number of hydrogen-bond donors (Lipinski definition) is 2. The van der Waals surface area contributed by atoms with E-state index in [4.69, 9.17) is 9.62 Å². The zero-order valence-electron chi connectivity index (χ0n) is 22.5. The predicted molar refractivity (Wildman–Crippen MR) is 152 cm³/mol. The first-order chi connectivity index (χ1) is 18.6. The lowest BCUT2D eigenvalue weighted by Crippen LogP contribution is -2.38. The van der Waals surface area contributed by atoms with Crippen LogP contribution in [0.25, 0.3) is 0 Å². The van der Waals surface area contributed by atoms with E-state index in [0.29, 0.717) is 21.8 Å². The van der Waals surface area contributed by atoms with E-state index in [9.17, 15) is 13.4 Å². The van der Waals surface area contributed by atoms with Gasteiger partial charge in [0.05, 0.1) is 16.5 Å². The fourth-order valence-corrected chi connectivity index (χ4v) is 6.99. The monoisotopic (exact) mass is 547 g/mol. The summed E-state index contributed by atoms with van der Waals surface area (Å²) in [6, 6.07) is 15.6. The van der Waals surface area contributed by atoms with Crippen LogP contribution in [0.4, 0.5) is 10.1 Å². The fourth-order valence-electron chi connectivity index (χ4n) is 4.55. The van der Waals surface area contributed by atoms with Crippen molar-refractivity contribution in [3.8, 4) is 6.07 Å². The van der Waals surface area contributed by atoms with E-state index in [0.717, 1.165) is 31.7 Å². The number of amides is 1. The Morgan fingerprint density at radius 3 is 2.67 bits per heavy atom. The number of nitrogens with zero attached hydrogens (tertiary/aromatic N) is 3. The Kier molecular flexibility index (Phi) is 8.68. The van der Waals surface area contributed by atoms with Gasteiger partial charge in [-0.15, -0.1) is 6.58 Å². The van der Waals surface area contributed by atoms with Crippen LogP contribution < -0.4 is 10.0 Å². The molecule has 1 amide bonds. The van der Waals surface area contributed by atoms with Gasteiger partial charge in [0.25, 0.3) is 5.91 Å². The number of aryl methyl sites for hydroxylation is 2. The van der Waals surface area contributed by atoms with Crippen LogP contribution in [-0.4, -0.2) is 26.8 Å². The first-order valence-electron chi connectivity index (χ1n) is 13.0. The molecule has 204 valence electrons. The van der Waals surface area contributed by atoms with Gasteiger partial charge in [-0.1, -0.05) is 43.3 Å². The zero-order chi connectivity index (χ0) is 28.2. The van der Waals surface area contributed by atoms with Gasteiger partial charge in [-0.2, -0.15) is 5.26 Å². The number of nitriles is 1. The van der Waals surface area contributed by atoms with Crippen LogP contribution in [0.3, 0.4) is 0 Å². The van der Waals surface area contributed by atoms with Crippen molar-refractivity contribution in [2.45, 2.75) is 56.5 Å². The van der Waals surface area contributed by atoms with Crippen molar-refractivity contribution >= 4 is 21.5 Å². The van der Waals surface area contributed by atoms with Gasteiger partial charge in [0.15, 0.2) is 0 Å². The van der Waals surface area contributed by atoms with Gasteiger partial charge in [0.2, 0.25) is 0 Å². The minimum absolute atomic E-state index is 0.00981. The Balaban J connectivity index is 1.60. The molecule has 2 aromatic carbocycles. The Bertz CT molecular complexity index is 1530. The third kappa shape index (κ3) is 6.64. The Labute approximate surface area is 230 Å². The summed E-state index contributed by atoms with van der Waals surface area (Å²) in [4.78, 5) is 13.7. The molecule has 1 aromatic heterocycles. The Morgan fingerprint density at radius 2 is 2.03 bits per heavy atom. The minimum Gasteiger partial charge on any atom is -0.345 e. The number of aromatic nitrogens is 1. The van der Waals surface area contributed by atoms with Gasteiger partial charge in [0.1, 0.15) is 27.5 Å². The van der Waals surface area contributed by atoms with Crippen LogP contribution >= 0.6 is 0 Å². The van der Waals surface area contributed by atoms with E-state index in [1.807, 2.05) is 18.2 Å². The van der Waals surface area contributed by atoms with Gasteiger partial charge in [0, 0.05) is 25.0 Å². The standard InChI is InChI=1S/C30H34FN5O2S/c1-5-27(20(2)11-12-22-9-7-6-8-10-22)35-39(38,34-24-13-14-24)28-19-36(4)29(21(28)3)30(37)33-25-15-16-26(31)23(17-25)18-32/h5-10,15-17,19-20,24,27H,1,11-14H2,2-4H3,(H,33,37)(H,34,35,38)/t20?,27-,39?/m1/s1. The fraction of sp³-hybridized carbons (Fsp3) is 0.333. The number of anilines is 1. The number of rotatable bonds is 11. The van der Waals surface area contributed by atoms with E-state index >= 15 is 0 Å². The number of nitrogens with one attached hydrogen (secondary N) is 2. The highest BCUT2D eigenvalue weighted by molar-refractivity contribution is 7.91. The third-order valence-electron chi connectivity index (χ3n) is 6.98. The second-order valence-corrected chi connectivity index (χ2v) is 12.0. The molecular weight excluding hydrogens is 513 g/mol. The van der Waals surface area contributed by atoms with Crippen LogP contribution in [-0.2, 0) is 23.4 Å². The highest BCUT2D eigenvalue weighted by Crippen LogP contribution is 2.31. The summed E-state index contributed by atoms with van der Waals surface area (Å²) in [6.07, 6.45) is 6.99. The van der Waals surface area contributed by atoms with Crippen molar-refractivity contribution in [3.63, 3.8) is 0 Å². The number of carbonyl (C=O) groups is 1. The van der Waals surface area contributed by atoms with E-state index in [-0.39, 0.29) is 23.6 Å². The molecule has 39 heavy (non-hydrogen) atoms.